The first-order valence-electron chi connectivity index (χ1n) is 11.6. The van der Waals surface area contributed by atoms with Crippen molar-refractivity contribution < 1.29 is 0 Å². The lowest BCUT2D eigenvalue weighted by atomic mass is 10.0. The van der Waals surface area contributed by atoms with Crippen LogP contribution in [0.1, 0.15) is 23.0 Å². The van der Waals surface area contributed by atoms with Crippen LogP contribution in [0.15, 0.2) is 70.3 Å². The number of anilines is 1. The number of nitrogens with zero attached hydrogens (tertiary/aromatic N) is 5. The highest BCUT2D eigenvalue weighted by atomic mass is 35.5. The molecule has 0 saturated carbocycles. The van der Waals surface area contributed by atoms with Gasteiger partial charge in [-0.25, -0.2) is 9.36 Å². The molecule has 5 rings (SSSR count). The standard InChI is InChI=1S/C26H30N6O2.2ClH/c1-18-23(25(33)31(28(18)3)20-11-7-5-8-12-20)22-17-27-15-16-30(22)24-19(2)29(4)32(26(24)34)21-13-9-6-10-14-21;;/h5-14,22,27H,15-17H2,1-4H3;2*1H. The highest BCUT2D eigenvalue weighted by molar-refractivity contribution is 5.85. The lowest BCUT2D eigenvalue weighted by Crippen LogP contribution is -2.49. The van der Waals surface area contributed by atoms with Crippen LogP contribution >= 0.6 is 24.8 Å². The molecule has 3 heterocycles. The van der Waals surface area contributed by atoms with Gasteiger partial charge in [-0.15, -0.1) is 24.8 Å². The molecule has 1 N–H and O–H groups in total. The quantitative estimate of drug-likeness (QED) is 0.439. The van der Waals surface area contributed by atoms with E-state index in [4.69, 9.17) is 0 Å². The number of benzene rings is 2. The highest BCUT2D eigenvalue weighted by Crippen LogP contribution is 2.30. The minimum absolute atomic E-state index is 0. The Morgan fingerprint density at radius 1 is 0.750 bits per heavy atom. The van der Waals surface area contributed by atoms with Gasteiger partial charge < -0.3 is 10.2 Å². The summed E-state index contributed by atoms with van der Waals surface area (Å²) in [4.78, 5) is 29.6. The summed E-state index contributed by atoms with van der Waals surface area (Å²) in [7, 11) is 3.81. The van der Waals surface area contributed by atoms with E-state index in [2.05, 4.69) is 10.2 Å². The second kappa shape index (κ2) is 10.8. The van der Waals surface area contributed by atoms with Crippen LogP contribution in [0.2, 0.25) is 0 Å². The van der Waals surface area contributed by atoms with E-state index in [0.29, 0.717) is 24.3 Å². The molecule has 1 unspecified atom stereocenters. The number of aromatic nitrogens is 4. The molecule has 8 nitrogen and oxygen atoms in total. The summed E-state index contributed by atoms with van der Waals surface area (Å²) in [6, 6.07) is 19.1. The molecule has 0 radical (unpaired) electrons. The van der Waals surface area contributed by atoms with Gasteiger partial charge in [-0.3, -0.25) is 19.0 Å². The van der Waals surface area contributed by atoms with Crippen LogP contribution in [0.4, 0.5) is 5.69 Å². The number of para-hydroxylation sites is 2. The summed E-state index contributed by atoms with van der Waals surface area (Å²) < 4.78 is 7.20. The van der Waals surface area contributed by atoms with Gasteiger partial charge in [-0.2, -0.15) is 0 Å². The fraction of sp³-hybridized carbons (Fsp3) is 0.308. The molecule has 2 aromatic heterocycles. The van der Waals surface area contributed by atoms with Crippen LogP contribution in [0.25, 0.3) is 11.4 Å². The fourth-order valence-electron chi connectivity index (χ4n) is 5.09. The van der Waals surface area contributed by atoms with Gasteiger partial charge in [0.05, 0.1) is 28.7 Å². The second-order valence-corrected chi connectivity index (χ2v) is 8.80. The van der Waals surface area contributed by atoms with Gasteiger partial charge in [-0.1, -0.05) is 36.4 Å². The molecule has 4 aromatic rings. The predicted octanol–water partition coefficient (Wildman–Crippen LogP) is 3.28. The third-order valence-electron chi connectivity index (χ3n) is 6.99. The second-order valence-electron chi connectivity index (χ2n) is 8.80. The Bertz CT molecular complexity index is 1340. The van der Waals surface area contributed by atoms with Gasteiger partial charge >= 0.3 is 0 Å². The number of nitrogens with one attached hydrogen (secondary N) is 1. The average Bonchev–Trinajstić information content (AvgIpc) is 3.22. The van der Waals surface area contributed by atoms with Crippen molar-refractivity contribution in [3.05, 3.63) is 98.3 Å². The van der Waals surface area contributed by atoms with Crippen LogP contribution in [0.5, 0.6) is 0 Å². The first-order valence-corrected chi connectivity index (χ1v) is 11.6. The Balaban J connectivity index is 0.00000180. The summed E-state index contributed by atoms with van der Waals surface area (Å²) in [6.07, 6.45) is 0. The summed E-state index contributed by atoms with van der Waals surface area (Å²) in [5, 5.41) is 3.43. The van der Waals surface area contributed by atoms with E-state index in [9.17, 15) is 9.59 Å². The monoisotopic (exact) mass is 530 g/mol. The van der Waals surface area contributed by atoms with Crippen LogP contribution in [0.3, 0.4) is 0 Å². The molecule has 10 heteroatoms. The molecule has 2 aromatic carbocycles. The zero-order chi connectivity index (χ0) is 24.0. The lowest BCUT2D eigenvalue weighted by molar-refractivity contribution is 0.484. The SMILES string of the molecule is Cc1c(C2CNCCN2c2c(C)n(C)n(-c3ccccc3)c2=O)c(=O)n(-c2ccccc2)n1C.Cl.Cl. The van der Waals surface area contributed by atoms with Crippen molar-refractivity contribution in [2.24, 2.45) is 14.1 Å². The molecule has 0 spiro atoms. The minimum Gasteiger partial charge on any atom is -0.356 e. The summed E-state index contributed by atoms with van der Waals surface area (Å²) >= 11 is 0. The molecule has 0 amide bonds. The Hall–Kier alpha value is -3.20. The summed E-state index contributed by atoms with van der Waals surface area (Å²) in [5.74, 6) is 0. The molecule has 1 atom stereocenters. The molecular formula is C26H32Cl2N6O2. The molecule has 36 heavy (non-hydrogen) atoms. The van der Waals surface area contributed by atoms with Gasteiger partial charge in [0.15, 0.2) is 0 Å². The molecule has 192 valence electrons. The Labute approximate surface area is 222 Å². The largest absolute Gasteiger partial charge is 0.356 e. The van der Waals surface area contributed by atoms with Crippen molar-refractivity contribution in [3.8, 4) is 11.4 Å². The Morgan fingerprint density at radius 3 is 1.81 bits per heavy atom. The van der Waals surface area contributed by atoms with Gasteiger partial charge in [0, 0.05) is 39.4 Å². The van der Waals surface area contributed by atoms with E-state index in [0.717, 1.165) is 29.3 Å². The van der Waals surface area contributed by atoms with Crippen molar-refractivity contribution in [1.82, 2.24) is 24.0 Å². The smallest absolute Gasteiger partial charge is 0.295 e. The van der Waals surface area contributed by atoms with Crippen molar-refractivity contribution in [1.29, 1.82) is 0 Å². The molecule has 1 saturated heterocycles. The van der Waals surface area contributed by atoms with E-state index in [1.807, 2.05) is 98.0 Å². The van der Waals surface area contributed by atoms with Gasteiger partial charge in [0.1, 0.15) is 5.69 Å². The first kappa shape index (κ1) is 27.4. The van der Waals surface area contributed by atoms with Crippen molar-refractivity contribution in [2.75, 3.05) is 24.5 Å². The van der Waals surface area contributed by atoms with E-state index in [-0.39, 0.29) is 42.0 Å². The van der Waals surface area contributed by atoms with Crippen LogP contribution in [0, 0.1) is 13.8 Å². The normalized spacial score (nSPS) is 15.3. The minimum atomic E-state index is -0.254. The number of hydrogen-bond donors (Lipinski definition) is 1. The van der Waals surface area contributed by atoms with Crippen LogP contribution in [-0.4, -0.2) is 38.4 Å². The molecule has 1 fully saturated rings. The zero-order valence-electron chi connectivity index (χ0n) is 20.8. The highest BCUT2D eigenvalue weighted by Gasteiger charge is 2.34. The van der Waals surface area contributed by atoms with Crippen LogP contribution < -0.4 is 21.3 Å². The van der Waals surface area contributed by atoms with E-state index < -0.39 is 0 Å². The first-order chi connectivity index (χ1) is 16.4. The maximum absolute atomic E-state index is 13.7. The van der Waals surface area contributed by atoms with E-state index >= 15 is 0 Å². The average molecular weight is 531 g/mol. The summed E-state index contributed by atoms with van der Waals surface area (Å²) in [6.45, 7) is 5.92. The number of halogens is 2. The predicted molar refractivity (Wildman–Crippen MR) is 149 cm³/mol. The van der Waals surface area contributed by atoms with Gasteiger partial charge in [0.2, 0.25) is 0 Å². The Kier molecular flexibility index (Phi) is 8.23. The van der Waals surface area contributed by atoms with E-state index in [1.165, 1.54) is 0 Å². The van der Waals surface area contributed by atoms with Crippen molar-refractivity contribution in [2.45, 2.75) is 19.9 Å². The maximum Gasteiger partial charge on any atom is 0.295 e. The molecule has 1 aliphatic rings. The Morgan fingerprint density at radius 2 is 1.25 bits per heavy atom. The van der Waals surface area contributed by atoms with Gasteiger partial charge in [0.25, 0.3) is 11.1 Å². The van der Waals surface area contributed by atoms with Gasteiger partial charge in [-0.05, 0) is 38.1 Å². The van der Waals surface area contributed by atoms with E-state index in [1.54, 1.807) is 9.36 Å². The third-order valence-corrected chi connectivity index (χ3v) is 6.99. The molecular weight excluding hydrogens is 499 g/mol. The molecule has 1 aliphatic heterocycles. The number of hydrogen-bond acceptors (Lipinski definition) is 4. The maximum atomic E-state index is 13.7. The molecule has 0 aliphatic carbocycles. The number of rotatable bonds is 4. The topological polar surface area (TPSA) is 69.1 Å². The molecule has 0 bridgehead atoms. The van der Waals surface area contributed by atoms with Crippen LogP contribution in [-0.2, 0) is 14.1 Å². The zero-order valence-corrected chi connectivity index (χ0v) is 22.5. The summed E-state index contributed by atoms with van der Waals surface area (Å²) in [5.41, 5.74) is 4.64. The fourth-order valence-corrected chi connectivity index (χ4v) is 5.09. The van der Waals surface area contributed by atoms with Crippen molar-refractivity contribution >= 4 is 30.5 Å². The van der Waals surface area contributed by atoms with Crippen molar-refractivity contribution in [3.63, 3.8) is 0 Å². The lowest BCUT2D eigenvalue weighted by Gasteiger charge is -2.36. The number of piperazine rings is 1. The third kappa shape index (κ3) is 4.30.